The number of pyridine rings is 1. The number of carbonyl (C=O) groups excluding carboxylic acids is 1. The fourth-order valence-corrected chi connectivity index (χ4v) is 5.01. The van der Waals surface area contributed by atoms with Crippen LogP contribution in [0.3, 0.4) is 0 Å². The molecule has 6 rings (SSSR count). The van der Waals surface area contributed by atoms with Crippen molar-refractivity contribution in [2.24, 2.45) is 0 Å². The highest BCUT2D eigenvalue weighted by molar-refractivity contribution is 6.39. The van der Waals surface area contributed by atoms with Gasteiger partial charge in [0.15, 0.2) is 5.65 Å². The normalized spacial score (nSPS) is 14.4. The molecule has 38 heavy (non-hydrogen) atoms. The van der Waals surface area contributed by atoms with Gasteiger partial charge in [0.2, 0.25) is 17.7 Å². The number of carbonyl (C=O) groups is 1. The van der Waals surface area contributed by atoms with E-state index in [2.05, 4.69) is 39.8 Å². The van der Waals surface area contributed by atoms with Crippen LogP contribution in [0.15, 0.2) is 42.9 Å². The number of rotatable bonds is 6. The van der Waals surface area contributed by atoms with Gasteiger partial charge in [-0.05, 0) is 18.2 Å². The molecule has 1 aliphatic heterocycles. The van der Waals surface area contributed by atoms with Crippen LogP contribution in [0.2, 0.25) is 5.02 Å². The largest absolute Gasteiger partial charge is 0.464 e. The van der Waals surface area contributed by atoms with Crippen molar-refractivity contribution in [2.45, 2.75) is 6.54 Å². The third kappa shape index (κ3) is 4.15. The number of esters is 1. The zero-order valence-electron chi connectivity index (χ0n) is 20.5. The van der Waals surface area contributed by atoms with Gasteiger partial charge < -0.3 is 19.9 Å². The number of methoxy groups -OCH3 is 1. The number of anilines is 2. The highest BCUT2D eigenvalue weighted by Crippen LogP contribution is 2.34. The van der Waals surface area contributed by atoms with Gasteiger partial charge in [0, 0.05) is 57.9 Å². The van der Waals surface area contributed by atoms with Crippen LogP contribution in [-0.2, 0) is 11.3 Å². The maximum absolute atomic E-state index is 12.8. The summed E-state index contributed by atoms with van der Waals surface area (Å²) in [5.41, 5.74) is 7.89. The standard InChI is InChI=1S/C24H24ClN11O2/c1-38-22(37)18-17(25)16-20(31-23(26)36-21(16)30-19(32-36)15-5-2-3-6-27-15)35(18)14-11-33-9-12-34(13-10-33)24-28-7-4-8-29-24/h2-8H,9-14H2,1H3,(H2,26,31). The molecule has 0 bridgehead atoms. The molecule has 1 saturated heterocycles. The number of halogens is 1. The molecule has 2 N–H and O–H groups in total. The first-order valence-corrected chi connectivity index (χ1v) is 12.4. The topological polar surface area (TPSA) is 145 Å². The van der Waals surface area contributed by atoms with Gasteiger partial charge in [-0.1, -0.05) is 17.7 Å². The van der Waals surface area contributed by atoms with Gasteiger partial charge in [-0.3, -0.25) is 9.88 Å². The van der Waals surface area contributed by atoms with Gasteiger partial charge in [-0.15, -0.1) is 5.10 Å². The van der Waals surface area contributed by atoms with Crippen LogP contribution < -0.4 is 10.6 Å². The zero-order chi connectivity index (χ0) is 26.2. The Labute approximate surface area is 221 Å². The maximum Gasteiger partial charge on any atom is 0.356 e. The average Bonchev–Trinajstić information content (AvgIpc) is 3.52. The van der Waals surface area contributed by atoms with E-state index in [4.69, 9.17) is 22.1 Å². The minimum absolute atomic E-state index is 0.116. The third-order valence-electron chi connectivity index (χ3n) is 6.56. The predicted molar refractivity (Wildman–Crippen MR) is 141 cm³/mol. The Kier molecular flexibility index (Phi) is 6.21. The smallest absolute Gasteiger partial charge is 0.356 e. The number of hydrogen-bond donors (Lipinski definition) is 1. The van der Waals surface area contributed by atoms with Crippen molar-refractivity contribution in [3.05, 3.63) is 53.6 Å². The quantitative estimate of drug-likeness (QED) is 0.318. The first-order chi connectivity index (χ1) is 18.5. The van der Waals surface area contributed by atoms with Gasteiger partial charge in [-0.25, -0.2) is 19.7 Å². The summed E-state index contributed by atoms with van der Waals surface area (Å²) in [6.07, 6.45) is 5.15. The highest BCUT2D eigenvalue weighted by Gasteiger charge is 2.28. The lowest BCUT2D eigenvalue weighted by Gasteiger charge is -2.34. The lowest BCUT2D eigenvalue weighted by molar-refractivity contribution is 0.0588. The molecule has 5 aromatic heterocycles. The predicted octanol–water partition coefficient (Wildman–Crippen LogP) is 1.78. The van der Waals surface area contributed by atoms with Crippen molar-refractivity contribution in [3.63, 3.8) is 0 Å². The molecule has 0 saturated carbocycles. The molecule has 194 valence electrons. The molecular formula is C24H24ClN11O2. The third-order valence-corrected chi connectivity index (χ3v) is 6.93. The summed E-state index contributed by atoms with van der Waals surface area (Å²) in [6.45, 7) is 4.32. The SMILES string of the molecule is COC(=O)c1c(Cl)c2c(nc(N)n3nc(-c4ccccn4)nc23)n1CCN1CCN(c2ncccn2)CC1. The lowest BCUT2D eigenvalue weighted by Crippen LogP contribution is -2.47. The molecule has 0 atom stereocenters. The first-order valence-electron chi connectivity index (χ1n) is 12.0. The van der Waals surface area contributed by atoms with Gasteiger partial charge in [0.05, 0.1) is 17.5 Å². The van der Waals surface area contributed by atoms with E-state index in [1.54, 1.807) is 35.3 Å². The second-order valence-corrected chi connectivity index (χ2v) is 9.12. The van der Waals surface area contributed by atoms with Gasteiger partial charge in [-0.2, -0.15) is 9.50 Å². The van der Waals surface area contributed by atoms with E-state index in [1.165, 1.54) is 11.6 Å². The Morgan fingerprint density at radius 1 is 1.00 bits per heavy atom. The summed E-state index contributed by atoms with van der Waals surface area (Å²) < 4.78 is 8.23. The van der Waals surface area contributed by atoms with E-state index in [9.17, 15) is 4.79 Å². The Bertz CT molecular complexity index is 1610. The molecule has 0 aromatic carbocycles. The number of nitrogen functional groups attached to an aromatic ring is 1. The summed E-state index contributed by atoms with van der Waals surface area (Å²) >= 11 is 6.80. The monoisotopic (exact) mass is 533 g/mol. The van der Waals surface area contributed by atoms with Crippen molar-refractivity contribution in [1.82, 2.24) is 44.0 Å². The molecule has 0 spiro atoms. The number of nitrogens with two attached hydrogens (primary N) is 1. The molecule has 13 nitrogen and oxygen atoms in total. The summed E-state index contributed by atoms with van der Waals surface area (Å²) in [6, 6.07) is 7.25. The second-order valence-electron chi connectivity index (χ2n) is 8.74. The Balaban J connectivity index is 1.33. The van der Waals surface area contributed by atoms with Crippen LogP contribution in [0, 0.1) is 0 Å². The van der Waals surface area contributed by atoms with Crippen molar-refractivity contribution >= 4 is 46.1 Å². The maximum atomic E-state index is 12.8. The fourth-order valence-electron chi connectivity index (χ4n) is 4.66. The molecule has 6 heterocycles. The van der Waals surface area contributed by atoms with Crippen LogP contribution >= 0.6 is 11.6 Å². The second kappa shape index (κ2) is 9.84. The van der Waals surface area contributed by atoms with E-state index in [-0.39, 0.29) is 16.7 Å². The van der Waals surface area contributed by atoms with E-state index >= 15 is 0 Å². The van der Waals surface area contributed by atoms with Crippen molar-refractivity contribution in [1.29, 1.82) is 0 Å². The van der Waals surface area contributed by atoms with Crippen molar-refractivity contribution in [2.75, 3.05) is 50.5 Å². The van der Waals surface area contributed by atoms with Crippen LogP contribution in [-0.4, -0.2) is 89.8 Å². The van der Waals surface area contributed by atoms with Gasteiger partial charge in [0.25, 0.3) is 0 Å². The van der Waals surface area contributed by atoms with Crippen LogP contribution in [0.25, 0.3) is 28.2 Å². The lowest BCUT2D eigenvalue weighted by atomic mass is 10.3. The fraction of sp³-hybridized carbons (Fsp3) is 0.292. The van der Waals surface area contributed by atoms with E-state index in [1.807, 2.05) is 12.1 Å². The molecule has 0 unspecified atom stereocenters. The Morgan fingerprint density at radius 3 is 2.47 bits per heavy atom. The minimum atomic E-state index is -0.569. The Hall–Kier alpha value is -4.36. The molecule has 0 aliphatic carbocycles. The van der Waals surface area contributed by atoms with Crippen LogP contribution in [0.4, 0.5) is 11.9 Å². The first kappa shape index (κ1) is 24.0. The van der Waals surface area contributed by atoms with Crippen LogP contribution in [0.5, 0.6) is 0 Å². The molecule has 5 aromatic rings. The number of fused-ring (bicyclic) bond motifs is 3. The van der Waals surface area contributed by atoms with Crippen LogP contribution in [0.1, 0.15) is 10.5 Å². The molecule has 1 fully saturated rings. The number of ether oxygens (including phenoxy) is 1. The average molecular weight is 534 g/mol. The molecule has 1 aliphatic rings. The summed E-state index contributed by atoms with van der Waals surface area (Å²) in [4.78, 5) is 39.5. The summed E-state index contributed by atoms with van der Waals surface area (Å²) in [7, 11) is 1.32. The molecule has 0 radical (unpaired) electrons. The van der Waals surface area contributed by atoms with E-state index in [0.29, 0.717) is 41.3 Å². The van der Waals surface area contributed by atoms with E-state index < -0.39 is 5.97 Å². The Morgan fingerprint density at radius 2 is 1.76 bits per heavy atom. The highest BCUT2D eigenvalue weighted by atomic mass is 35.5. The molecular weight excluding hydrogens is 510 g/mol. The van der Waals surface area contributed by atoms with E-state index in [0.717, 1.165) is 32.1 Å². The molecule has 0 amide bonds. The summed E-state index contributed by atoms with van der Waals surface area (Å²) in [5, 5.41) is 5.14. The zero-order valence-corrected chi connectivity index (χ0v) is 21.3. The molecule has 14 heteroatoms. The number of nitrogens with zero attached hydrogens (tertiary/aromatic N) is 10. The van der Waals surface area contributed by atoms with Crippen molar-refractivity contribution in [3.8, 4) is 11.5 Å². The number of piperazine rings is 1. The van der Waals surface area contributed by atoms with Gasteiger partial charge >= 0.3 is 5.97 Å². The minimum Gasteiger partial charge on any atom is -0.464 e. The van der Waals surface area contributed by atoms with Crippen molar-refractivity contribution < 1.29 is 9.53 Å². The summed E-state index contributed by atoms with van der Waals surface area (Å²) in [5.74, 6) is 0.645. The number of hydrogen-bond acceptors (Lipinski definition) is 11. The number of aromatic nitrogens is 8. The van der Waals surface area contributed by atoms with Gasteiger partial charge in [0.1, 0.15) is 17.0 Å².